The molecule has 0 spiro atoms. The number of aldehydes is 1. The Labute approximate surface area is 128 Å². The van der Waals surface area contributed by atoms with Crippen LogP contribution in [0.4, 0.5) is 0 Å². The van der Waals surface area contributed by atoms with Gasteiger partial charge in [-0.3, -0.25) is 9.59 Å². The average molecular weight is 299 g/mol. The van der Waals surface area contributed by atoms with E-state index in [1.165, 1.54) is 0 Å². The summed E-state index contributed by atoms with van der Waals surface area (Å²) in [4.78, 5) is 23.4. The van der Waals surface area contributed by atoms with Crippen LogP contribution in [0.15, 0.2) is 35.1 Å². The number of rotatable bonds is 3. The minimum Gasteiger partial charge on any atom is -0.486 e. The van der Waals surface area contributed by atoms with Gasteiger partial charge in [0.2, 0.25) is 0 Å². The van der Waals surface area contributed by atoms with Crippen molar-refractivity contribution in [3.8, 4) is 22.8 Å². The largest absolute Gasteiger partial charge is 0.486 e. The Morgan fingerprint density at radius 3 is 2.50 bits per heavy atom. The molecule has 5 nitrogen and oxygen atoms in total. The van der Waals surface area contributed by atoms with Gasteiger partial charge in [-0.2, -0.15) is 0 Å². The Morgan fingerprint density at radius 2 is 1.82 bits per heavy atom. The molecule has 1 aliphatic rings. The van der Waals surface area contributed by atoms with Crippen LogP contribution in [0.2, 0.25) is 0 Å². The van der Waals surface area contributed by atoms with Crippen molar-refractivity contribution in [3.05, 3.63) is 46.2 Å². The lowest BCUT2D eigenvalue weighted by atomic mass is 10.1. The van der Waals surface area contributed by atoms with E-state index in [1.807, 2.05) is 32.0 Å². The number of carbonyl (C=O) groups is 1. The number of carbonyl (C=O) groups excluding carboxylic acids is 1. The smallest absolute Gasteiger partial charge is 0.261 e. The van der Waals surface area contributed by atoms with E-state index in [4.69, 9.17) is 9.47 Å². The maximum Gasteiger partial charge on any atom is 0.261 e. The van der Waals surface area contributed by atoms with Gasteiger partial charge in [0, 0.05) is 11.6 Å². The minimum atomic E-state index is -0.280. The fraction of sp³-hybridized carbons (Fsp3) is 0.294. The zero-order chi connectivity index (χ0) is 15.7. The summed E-state index contributed by atoms with van der Waals surface area (Å²) in [6.45, 7) is 4.88. The predicted octanol–water partition coefficient (Wildman–Crippen LogP) is 2.68. The highest BCUT2D eigenvalue weighted by Crippen LogP contribution is 2.34. The molecule has 2 aromatic rings. The number of hydrogen-bond donors (Lipinski definition) is 0. The lowest BCUT2D eigenvalue weighted by Crippen LogP contribution is -2.26. The molecule has 0 saturated carbocycles. The first-order valence-corrected chi connectivity index (χ1v) is 7.22. The summed E-state index contributed by atoms with van der Waals surface area (Å²) >= 11 is 0. The second-order valence-electron chi connectivity index (χ2n) is 5.42. The average Bonchev–Trinajstić information content (AvgIpc) is 2.53. The first-order valence-electron chi connectivity index (χ1n) is 7.22. The number of pyridine rings is 1. The first-order chi connectivity index (χ1) is 10.6. The number of fused-ring (bicyclic) bond motifs is 1. The molecule has 0 amide bonds. The van der Waals surface area contributed by atoms with Crippen LogP contribution in [0, 0.1) is 0 Å². The third kappa shape index (κ3) is 2.39. The highest BCUT2D eigenvalue weighted by atomic mass is 16.6. The van der Waals surface area contributed by atoms with Crippen LogP contribution >= 0.6 is 0 Å². The van der Waals surface area contributed by atoms with Gasteiger partial charge in [0.05, 0.1) is 11.3 Å². The summed E-state index contributed by atoms with van der Waals surface area (Å²) in [5.74, 6) is 1.38. The van der Waals surface area contributed by atoms with Crippen LogP contribution in [0.25, 0.3) is 11.3 Å². The van der Waals surface area contributed by atoms with Crippen molar-refractivity contribution in [2.45, 2.75) is 19.9 Å². The minimum absolute atomic E-state index is 0.0596. The van der Waals surface area contributed by atoms with Gasteiger partial charge < -0.3 is 14.0 Å². The van der Waals surface area contributed by atoms with Gasteiger partial charge in [0.25, 0.3) is 5.56 Å². The number of nitrogens with zero attached hydrogens (tertiary/aromatic N) is 1. The molecule has 1 aromatic heterocycles. The summed E-state index contributed by atoms with van der Waals surface area (Å²) in [6.07, 6.45) is 0.592. The molecule has 1 aliphatic heterocycles. The van der Waals surface area contributed by atoms with E-state index in [0.717, 1.165) is 11.3 Å². The van der Waals surface area contributed by atoms with Gasteiger partial charge in [-0.15, -0.1) is 0 Å². The number of hydrogen-bond acceptors (Lipinski definition) is 4. The Morgan fingerprint density at radius 1 is 1.09 bits per heavy atom. The molecule has 3 rings (SSSR count). The van der Waals surface area contributed by atoms with Gasteiger partial charge >= 0.3 is 0 Å². The fourth-order valence-corrected chi connectivity index (χ4v) is 2.61. The van der Waals surface area contributed by atoms with E-state index < -0.39 is 0 Å². The van der Waals surface area contributed by atoms with Crippen molar-refractivity contribution in [1.82, 2.24) is 4.57 Å². The van der Waals surface area contributed by atoms with Crippen LogP contribution in [0.1, 0.15) is 30.2 Å². The highest BCUT2D eigenvalue weighted by Gasteiger charge is 2.16. The molecule has 0 aliphatic carbocycles. The molecule has 2 heterocycles. The molecule has 1 aromatic carbocycles. The summed E-state index contributed by atoms with van der Waals surface area (Å²) in [6, 6.07) is 8.88. The normalized spacial score (nSPS) is 13.2. The summed E-state index contributed by atoms with van der Waals surface area (Å²) < 4.78 is 12.7. The Bertz CT molecular complexity index is 777. The SMILES string of the molecule is CC(C)n1c(-c2ccc3c(c2)OCCO3)ccc(C=O)c1=O. The second kappa shape index (κ2) is 5.67. The molecular weight excluding hydrogens is 282 g/mol. The lowest BCUT2D eigenvalue weighted by molar-refractivity contribution is 0.112. The maximum atomic E-state index is 12.4. The molecule has 0 N–H and O–H groups in total. The van der Waals surface area contributed by atoms with E-state index in [9.17, 15) is 9.59 Å². The van der Waals surface area contributed by atoms with Gasteiger partial charge in [0.15, 0.2) is 17.8 Å². The third-order valence-electron chi connectivity index (χ3n) is 3.63. The van der Waals surface area contributed by atoms with Crippen molar-refractivity contribution in [1.29, 1.82) is 0 Å². The molecule has 0 radical (unpaired) electrons. The van der Waals surface area contributed by atoms with E-state index >= 15 is 0 Å². The van der Waals surface area contributed by atoms with Crippen LogP contribution in [0.5, 0.6) is 11.5 Å². The van der Waals surface area contributed by atoms with Crippen molar-refractivity contribution in [2.75, 3.05) is 13.2 Å². The zero-order valence-corrected chi connectivity index (χ0v) is 12.5. The van der Waals surface area contributed by atoms with Crippen LogP contribution in [-0.4, -0.2) is 24.1 Å². The Hall–Kier alpha value is -2.56. The zero-order valence-electron chi connectivity index (χ0n) is 12.5. The molecule has 0 bridgehead atoms. The molecule has 22 heavy (non-hydrogen) atoms. The fourth-order valence-electron chi connectivity index (χ4n) is 2.61. The Balaban J connectivity index is 2.18. The van der Waals surface area contributed by atoms with Gasteiger partial charge in [-0.1, -0.05) is 0 Å². The van der Waals surface area contributed by atoms with Crippen molar-refractivity contribution >= 4 is 6.29 Å². The first kappa shape index (κ1) is 14.4. The standard InChI is InChI=1S/C17H17NO4/c1-11(2)18-14(5-3-13(10-19)17(18)20)12-4-6-15-16(9-12)22-8-7-21-15/h3-6,9-11H,7-8H2,1-2H3. The lowest BCUT2D eigenvalue weighted by Gasteiger charge is -2.21. The third-order valence-corrected chi connectivity index (χ3v) is 3.63. The monoisotopic (exact) mass is 299 g/mol. The maximum absolute atomic E-state index is 12.4. The van der Waals surface area contributed by atoms with Crippen molar-refractivity contribution in [2.24, 2.45) is 0 Å². The van der Waals surface area contributed by atoms with Crippen LogP contribution < -0.4 is 15.0 Å². The van der Waals surface area contributed by atoms with Gasteiger partial charge in [0.1, 0.15) is 13.2 Å². The highest BCUT2D eigenvalue weighted by molar-refractivity contribution is 5.75. The summed E-state index contributed by atoms with van der Waals surface area (Å²) in [7, 11) is 0. The topological polar surface area (TPSA) is 57.5 Å². The van der Waals surface area contributed by atoms with E-state index in [-0.39, 0.29) is 17.2 Å². The van der Waals surface area contributed by atoms with E-state index in [0.29, 0.717) is 31.0 Å². The van der Waals surface area contributed by atoms with E-state index in [1.54, 1.807) is 16.7 Å². The van der Waals surface area contributed by atoms with Gasteiger partial charge in [-0.25, -0.2) is 0 Å². The summed E-state index contributed by atoms with van der Waals surface area (Å²) in [5, 5.41) is 0. The second-order valence-corrected chi connectivity index (χ2v) is 5.42. The molecule has 0 atom stereocenters. The molecule has 114 valence electrons. The predicted molar refractivity (Wildman–Crippen MR) is 82.9 cm³/mol. The number of aromatic nitrogens is 1. The van der Waals surface area contributed by atoms with Crippen molar-refractivity contribution < 1.29 is 14.3 Å². The molecular formula is C17H17NO4. The number of benzene rings is 1. The molecule has 0 unspecified atom stereocenters. The van der Waals surface area contributed by atoms with Crippen molar-refractivity contribution in [3.63, 3.8) is 0 Å². The molecule has 5 heteroatoms. The Kier molecular flexibility index (Phi) is 3.71. The molecule has 0 saturated heterocycles. The molecule has 0 fully saturated rings. The van der Waals surface area contributed by atoms with Crippen LogP contribution in [-0.2, 0) is 0 Å². The summed E-state index contributed by atoms with van der Waals surface area (Å²) in [5.41, 5.74) is 1.49. The van der Waals surface area contributed by atoms with Crippen LogP contribution in [0.3, 0.4) is 0 Å². The number of ether oxygens (including phenoxy) is 2. The quantitative estimate of drug-likeness (QED) is 0.818. The van der Waals surface area contributed by atoms with Gasteiger partial charge in [-0.05, 0) is 44.2 Å². The van der Waals surface area contributed by atoms with E-state index in [2.05, 4.69) is 0 Å².